The number of halogens is 1. The maximum atomic E-state index is 6.07. The second-order valence-corrected chi connectivity index (χ2v) is 7.86. The van der Waals surface area contributed by atoms with Crippen LogP contribution in [0.3, 0.4) is 0 Å². The zero-order chi connectivity index (χ0) is 14.8. The Morgan fingerprint density at radius 3 is 2.55 bits per heavy atom. The van der Waals surface area contributed by atoms with Crippen molar-refractivity contribution in [1.29, 1.82) is 0 Å². The third-order valence-electron chi connectivity index (χ3n) is 4.03. The van der Waals surface area contributed by atoms with Gasteiger partial charge < -0.3 is 9.73 Å². The Morgan fingerprint density at radius 1 is 1.30 bits per heavy atom. The molecule has 110 valence electrons. The smallest absolute Gasteiger partial charge is 0.126 e. The summed E-state index contributed by atoms with van der Waals surface area (Å²) >= 11 is 7.66. The van der Waals surface area contributed by atoms with Crippen LogP contribution in [0.2, 0.25) is 4.34 Å². The lowest BCUT2D eigenvalue weighted by Gasteiger charge is -2.31. The molecule has 0 aliphatic heterocycles. The Balaban J connectivity index is 2.17. The molecule has 0 saturated carbocycles. The third-order valence-corrected chi connectivity index (χ3v) is 5.33. The van der Waals surface area contributed by atoms with Crippen molar-refractivity contribution >= 4 is 22.9 Å². The molecule has 1 N–H and O–H groups in total. The number of rotatable bonds is 6. The predicted molar refractivity (Wildman–Crippen MR) is 86.5 cm³/mol. The predicted octanol–water partition coefficient (Wildman–Crippen LogP) is 5.36. The first-order valence-electron chi connectivity index (χ1n) is 6.92. The molecule has 20 heavy (non-hydrogen) atoms. The Labute approximate surface area is 130 Å². The van der Waals surface area contributed by atoms with E-state index >= 15 is 0 Å². The van der Waals surface area contributed by atoms with Crippen molar-refractivity contribution in [2.24, 2.45) is 11.3 Å². The highest BCUT2D eigenvalue weighted by atomic mass is 35.5. The molecule has 0 aliphatic carbocycles. The van der Waals surface area contributed by atoms with E-state index in [-0.39, 0.29) is 11.5 Å². The van der Waals surface area contributed by atoms with Gasteiger partial charge in [-0.05, 0) is 35.6 Å². The van der Waals surface area contributed by atoms with E-state index in [0.717, 1.165) is 16.6 Å². The fraction of sp³-hybridized carbons (Fsp3) is 0.500. The van der Waals surface area contributed by atoms with Crippen LogP contribution in [0.4, 0.5) is 0 Å². The van der Waals surface area contributed by atoms with E-state index in [1.165, 1.54) is 4.88 Å². The topological polar surface area (TPSA) is 25.2 Å². The van der Waals surface area contributed by atoms with Crippen LogP contribution in [-0.4, -0.2) is 6.54 Å². The summed E-state index contributed by atoms with van der Waals surface area (Å²) < 4.78 is 6.39. The van der Waals surface area contributed by atoms with Gasteiger partial charge in [-0.2, -0.15) is 0 Å². The molecule has 1 atom stereocenters. The zero-order valence-electron chi connectivity index (χ0n) is 12.4. The standard InChI is InChI=1S/C16H22ClNOS/c1-11(2)16(3,4)10-18-15(12-6-5-9-19-12)13-7-8-14(17)20-13/h5-9,11,15,18H,10H2,1-4H3. The Morgan fingerprint density at radius 2 is 2.05 bits per heavy atom. The number of hydrogen-bond donors (Lipinski definition) is 1. The van der Waals surface area contributed by atoms with Crippen molar-refractivity contribution in [2.45, 2.75) is 33.7 Å². The van der Waals surface area contributed by atoms with Crippen LogP contribution < -0.4 is 5.32 Å². The fourth-order valence-electron chi connectivity index (χ4n) is 1.85. The molecule has 0 saturated heterocycles. The minimum absolute atomic E-state index is 0.0699. The molecule has 2 nitrogen and oxygen atoms in total. The molecule has 0 spiro atoms. The lowest BCUT2D eigenvalue weighted by atomic mass is 9.81. The summed E-state index contributed by atoms with van der Waals surface area (Å²) in [5.41, 5.74) is 0.228. The fourth-order valence-corrected chi connectivity index (χ4v) is 2.99. The van der Waals surface area contributed by atoms with Crippen LogP contribution in [0.1, 0.15) is 44.4 Å². The lowest BCUT2D eigenvalue weighted by Crippen LogP contribution is -2.35. The van der Waals surface area contributed by atoms with E-state index in [1.54, 1.807) is 17.6 Å². The van der Waals surface area contributed by atoms with Crippen molar-refractivity contribution in [3.8, 4) is 0 Å². The average molecular weight is 312 g/mol. The van der Waals surface area contributed by atoms with Crippen LogP contribution in [0.25, 0.3) is 0 Å². The second kappa shape index (κ2) is 6.33. The van der Waals surface area contributed by atoms with Crippen LogP contribution in [0.15, 0.2) is 34.9 Å². The molecule has 2 rings (SSSR count). The molecule has 0 aliphatic rings. The monoisotopic (exact) mass is 311 g/mol. The van der Waals surface area contributed by atoms with E-state index in [2.05, 4.69) is 39.1 Å². The van der Waals surface area contributed by atoms with Crippen LogP contribution >= 0.6 is 22.9 Å². The number of nitrogens with one attached hydrogen (secondary N) is 1. The van der Waals surface area contributed by atoms with Gasteiger partial charge in [-0.1, -0.05) is 39.3 Å². The molecule has 0 amide bonds. The lowest BCUT2D eigenvalue weighted by molar-refractivity contribution is 0.229. The first-order chi connectivity index (χ1) is 9.40. The minimum Gasteiger partial charge on any atom is -0.467 e. The average Bonchev–Trinajstić information content (AvgIpc) is 3.01. The van der Waals surface area contributed by atoms with Crippen LogP contribution in [0, 0.1) is 11.3 Å². The summed E-state index contributed by atoms with van der Waals surface area (Å²) in [6.45, 7) is 10.00. The first kappa shape index (κ1) is 15.6. The van der Waals surface area contributed by atoms with Crippen LogP contribution in [-0.2, 0) is 0 Å². The van der Waals surface area contributed by atoms with Gasteiger partial charge in [-0.25, -0.2) is 0 Å². The summed E-state index contributed by atoms with van der Waals surface area (Å²) in [6.07, 6.45) is 1.72. The summed E-state index contributed by atoms with van der Waals surface area (Å²) in [5.74, 6) is 1.54. The molecule has 0 fully saturated rings. The molecular formula is C16H22ClNOS. The molecule has 2 aromatic heterocycles. The largest absolute Gasteiger partial charge is 0.467 e. The van der Waals surface area contributed by atoms with Gasteiger partial charge in [0.05, 0.1) is 10.6 Å². The van der Waals surface area contributed by atoms with Gasteiger partial charge in [0.25, 0.3) is 0 Å². The van der Waals surface area contributed by atoms with Crippen molar-refractivity contribution in [1.82, 2.24) is 5.32 Å². The number of hydrogen-bond acceptors (Lipinski definition) is 3. The summed E-state index contributed by atoms with van der Waals surface area (Å²) in [4.78, 5) is 1.18. The van der Waals surface area contributed by atoms with E-state index in [0.29, 0.717) is 5.92 Å². The molecule has 2 aromatic rings. The van der Waals surface area contributed by atoms with Crippen molar-refractivity contribution in [2.75, 3.05) is 6.54 Å². The Hall–Kier alpha value is -0.770. The van der Waals surface area contributed by atoms with E-state index in [4.69, 9.17) is 16.0 Å². The third kappa shape index (κ3) is 3.66. The summed E-state index contributed by atoms with van der Waals surface area (Å²) in [6, 6.07) is 8.00. The highest BCUT2D eigenvalue weighted by Gasteiger charge is 2.26. The van der Waals surface area contributed by atoms with Gasteiger partial charge in [0.15, 0.2) is 0 Å². The van der Waals surface area contributed by atoms with Gasteiger partial charge in [0, 0.05) is 11.4 Å². The van der Waals surface area contributed by atoms with Gasteiger partial charge in [-0.15, -0.1) is 11.3 Å². The second-order valence-electron chi connectivity index (χ2n) is 6.11. The minimum atomic E-state index is 0.0699. The molecule has 2 heterocycles. The number of thiophene rings is 1. The van der Waals surface area contributed by atoms with E-state index in [1.807, 2.05) is 18.2 Å². The Kier molecular flexibility index (Phi) is 4.95. The molecular weight excluding hydrogens is 290 g/mol. The molecule has 0 bridgehead atoms. The SMILES string of the molecule is CC(C)C(C)(C)CNC(c1ccco1)c1ccc(Cl)s1. The molecule has 4 heteroatoms. The highest BCUT2D eigenvalue weighted by molar-refractivity contribution is 7.16. The van der Waals surface area contributed by atoms with Crippen molar-refractivity contribution in [3.63, 3.8) is 0 Å². The van der Waals surface area contributed by atoms with E-state index < -0.39 is 0 Å². The maximum Gasteiger partial charge on any atom is 0.126 e. The van der Waals surface area contributed by atoms with Crippen molar-refractivity contribution < 1.29 is 4.42 Å². The summed E-state index contributed by atoms with van der Waals surface area (Å²) in [7, 11) is 0. The Bertz CT molecular complexity index is 530. The zero-order valence-corrected chi connectivity index (χ0v) is 14.0. The van der Waals surface area contributed by atoms with Gasteiger partial charge >= 0.3 is 0 Å². The van der Waals surface area contributed by atoms with Crippen molar-refractivity contribution in [3.05, 3.63) is 45.5 Å². The maximum absolute atomic E-state index is 6.07. The normalized spacial score (nSPS) is 13.9. The quantitative estimate of drug-likeness (QED) is 0.777. The van der Waals surface area contributed by atoms with Gasteiger partial charge in [0.2, 0.25) is 0 Å². The highest BCUT2D eigenvalue weighted by Crippen LogP contribution is 2.33. The van der Waals surface area contributed by atoms with Gasteiger partial charge in [0.1, 0.15) is 11.8 Å². The molecule has 0 aromatic carbocycles. The summed E-state index contributed by atoms with van der Waals surface area (Å²) in [5, 5.41) is 3.63. The van der Waals surface area contributed by atoms with Crippen LogP contribution in [0.5, 0.6) is 0 Å². The van der Waals surface area contributed by atoms with E-state index in [9.17, 15) is 0 Å². The molecule has 0 radical (unpaired) electrons. The van der Waals surface area contributed by atoms with Gasteiger partial charge in [-0.3, -0.25) is 0 Å². The first-order valence-corrected chi connectivity index (χ1v) is 8.11. The molecule has 1 unspecified atom stereocenters. The number of furan rings is 1.